The molecule has 0 aliphatic carbocycles. The lowest BCUT2D eigenvalue weighted by Gasteiger charge is -2.38. The van der Waals surface area contributed by atoms with Crippen LogP contribution in [0.5, 0.6) is 0 Å². The van der Waals surface area contributed by atoms with Crippen molar-refractivity contribution in [2.45, 2.75) is 117 Å². The molecule has 3 aromatic heterocycles. The van der Waals surface area contributed by atoms with E-state index in [0.717, 1.165) is 59.4 Å². The van der Waals surface area contributed by atoms with Gasteiger partial charge < -0.3 is 53.4 Å². The molecule has 84 heavy (non-hydrogen) atoms. The fourth-order valence-electron chi connectivity index (χ4n) is 10.2. The number of likely N-dealkylation sites (tertiary alicyclic amines) is 2. The molecule has 11 N–H and O–H groups in total. The summed E-state index contributed by atoms with van der Waals surface area (Å²) in [6.07, 6.45) is 12.8. The second kappa shape index (κ2) is 33.4. The van der Waals surface area contributed by atoms with Crippen molar-refractivity contribution in [1.82, 2.24) is 30.1 Å². The van der Waals surface area contributed by atoms with Gasteiger partial charge in [-0.2, -0.15) is 0 Å². The Morgan fingerprint density at radius 2 is 0.881 bits per heavy atom. The van der Waals surface area contributed by atoms with Crippen LogP contribution in [0, 0.1) is 17.8 Å². The van der Waals surface area contributed by atoms with Crippen LogP contribution < -0.4 is 38.5 Å². The lowest BCUT2D eigenvalue weighted by atomic mass is 9.90. The van der Waals surface area contributed by atoms with Gasteiger partial charge in [0, 0.05) is 19.1 Å². The number of carboxylic acid groups (broad SMARTS) is 1. The third kappa shape index (κ3) is 19.4. The maximum absolute atomic E-state index is 12.9. The molecular weight excluding hydrogens is 1070 g/mol. The van der Waals surface area contributed by atoms with Gasteiger partial charge in [0.1, 0.15) is 17.5 Å². The molecule has 0 unspecified atom stereocenters. The average molecular weight is 1150 g/mol. The number of halogens is 1. The number of benzene rings is 3. The Morgan fingerprint density at radius 3 is 1.20 bits per heavy atom. The van der Waals surface area contributed by atoms with E-state index >= 15 is 0 Å². The van der Waals surface area contributed by atoms with Crippen LogP contribution in [-0.2, 0) is 48.0 Å². The molecule has 3 fully saturated rings. The van der Waals surface area contributed by atoms with E-state index in [0.29, 0.717) is 84.7 Å². The number of aryl methyl sites for hydroxylation is 3. The zero-order chi connectivity index (χ0) is 62.0. The summed E-state index contributed by atoms with van der Waals surface area (Å²) in [5, 5.41) is 19.5. The first kappa shape index (κ1) is 64.4. The van der Waals surface area contributed by atoms with Crippen molar-refractivity contribution in [3.8, 4) is 0 Å². The number of hydrogen-bond acceptors (Lipinski definition) is 13. The van der Waals surface area contributed by atoms with Gasteiger partial charge in [-0.05, 0) is 134 Å². The highest BCUT2D eigenvalue weighted by Crippen LogP contribution is 2.35. The Balaban J connectivity index is 0.000000213. The van der Waals surface area contributed by atoms with Crippen molar-refractivity contribution in [1.29, 1.82) is 0 Å². The van der Waals surface area contributed by atoms with Crippen LogP contribution in [0.4, 0.5) is 38.9 Å². The van der Waals surface area contributed by atoms with E-state index in [-0.39, 0.29) is 12.1 Å². The normalized spacial score (nSPS) is 19.0. The highest BCUT2D eigenvalue weighted by atomic mass is 19.1. The molecule has 448 valence electrons. The number of carboxylic acids is 1. The summed E-state index contributed by atoms with van der Waals surface area (Å²) in [5.74, 6) is -2.09. The number of aromatic nitrogens is 3. The van der Waals surface area contributed by atoms with E-state index in [1.165, 1.54) is 43.5 Å². The van der Waals surface area contributed by atoms with Gasteiger partial charge in [-0.1, -0.05) is 133 Å². The number of nitrogens with two attached hydrogens (primary N) is 3. The molecule has 3 aliphatic rings. The van der Waals surface area contributed by atoms with Gasteiger partial charge in [0.25, 0.3) is 0 Å². The standard InChI is InChI=1S/2C21H26N4O2.C12H17N.C9H11N3O3.CH3F/c2*1-3-15-11-17(12-23-19(15)22)24-20(26)21(27)25-13-14(2)9-10-18(25)16-7-5-4-6-8-16;1-10-7-8-12(13-9-10)11-5-3-2-4-6-11;1-2-5-3-6(4-11-7(5)10)12-8(13)9(14)15;1-2/h2*4-8,11-12,14,18H,3,9-10,13H2,1-2H3,(H2,22,23)(H,24,26);2-6,10,12-13H,7-9H2,1H3;3-4H,2H2,1H3,(H2,10,11)(H,12,13)(H,14,15);1H3/t2*14-,18+;10-,12+;;/m101../s1/i;;;;1D. The molecule has 20 heteroatoms. The number of alkyl halides is 1. The Bertz CT molecular complexity index is 2980. The number of aliphatic carboxylic acids is 1. The van der Waals surface area contributed by atoms with Crippen LogP contribution >= 0.6 is 0 Å². The van der Waals surface area contributed by atoms with Crippen LogP contribution in [0.15, 0.2) is 128 Å². The second-order valence-electron chi connectivity index (χ2n) is 21.2. The Kier molecular flexibility index (Phi) is 25.6. The predicted molar refractivity (Wildman–Crippen MR) is 329 cm³/mol. The van der Waals surface area contributed by atoms with Gasteiger partial charge in [0.2, 0.25) is 0 Å². The summed E-state index contributed by atoms with van der Waals surface area (Å²) in [4.78, 5) is 87.6. The van der Waals surface area contributed by atoms with Crippen LogP contribution in [0.25, 0.3) is 0 Å². The largest absolute Gasteiger partial charge is 0.474 e. The van der Waals surface area contributed by atoms with Crippen LogP contribution in [0.1, 0.15) is 133 Å². The molecule has 3 aromatic carbocycles. The maximum Gasteiger partial charge on any atom is 0.394 e. The Labute approximate surface area is 494 Å². The number of pyridine rings is 3. The van der Waals surface area contributed by atoms with Gasteiger partial charge in [-0.15, -0.1) is 0 Å². The average Bonchev–Trinajstić information content (AvgIpc) is 3.51. The summed E-state index contributed by atoms with van der Waals surface area (Å²) in [6.45, 7) is 14.7. The minimum absolute atomic E-state index is 0.0728. The van der Waals surface area contributed by atoms with Crippen molar-refractivity contribution in [3.05, 3.63) is 161 Å². The molecule has 6 heterocycles. The van der Waals surface area contributed by atoms with Crippen molar-refractivity contribution in [3.63, 3.8) is 0 Å². The number of nitrogens with one attached hydrogen (secondary N) is 4. The van der Waals surface area contributed by atoms with E-state index in [9.17, 15) is 33.2 Å². The number of carbonyl (C=O) groups excluding carboxylic acids is 5. The number of anilines is 6. The van der Waals surface area contributed by atoms with Crippen LogP contribution in [0.3, 0.4) is 0 Å². The third-order valence-electron chi connectivity index (χ3n) is 14.9. The van der Waals surface area contributed by atoms with Gasteiger partial charge >= 0.3 is 35.5 Å². The van der Waals surface area contributed by atoms with Gasteiger partial charge in [0.05, 0.1) is 56.3 Å². The first-order valence-electron chi connectivity index (χ1n) is 29.3. The highest BCUT2D eigenvalue weighted by molar-refractivity contribution is 6.40. The molecular formula is C64H83FN12O7. The number of rotatable bonds is 9. The lowest BCUT2D eigenvalue weighted by molar-refractivity contribution is -0.147. The summed E-state index contributed by atoms with van der Waals surface area (Å²) >= 11 is 0. The minimum Gasteiger partial charge on any atom is -0.474 e. The van der Waals surface area contributed by atoms with Crippen molar-refractivity contribution in [2.75, 3.05) is 59.9 Å². The fourth-order valence-corrected chi connectivity index (χ4v) is 10.2. The number of piperidine rings is 3. The van der Waals surface area contributed by atoms with E-state index < -0.39 is 42.7 Å². The van der Waals surface area contributed by atoms with Gasteiger partial charge in [0.15, 0.2) is 0 Å². The zero-order valence-electron chi connectivity index (χ0n) is 50.0. The summed E-state index contributed by atoms with van der Waals surface area (Å²) in [5.41, 5.74) is 24.5. The summed E-state index contributed by atoms with van der Waals surface area (Å²) in [7, 11) is -1.00. The van der Waals surface area contributed by atoms with Crippen LogP contribution in [-0.4, -0.2) is 92.2 Å². The number of hydrogen-bond donors (Lipinski definition) is 8. The van der Waals surface area contributed by atoms with Crippen molar-refractivity contribution in [2.24, 2.45) is 17.8 Å². The summed E-state index contributed by atoms with van der Waals surface area (Å²) < 4.78 is 15.5. The van der Waals surface area contributed by atoms with Crippen LogP contribution in [0.2, 0.25) is 0 Å². The van der Waals surface area contributed by atoms with Gasteiger partial charge in [-0.3, -0.25) is 28.4 Å². The molecule has 6 aromatic rings. The van der Waals surface area contributed by atoms with E-state index in [1.54, 1.807) is 28.0 Å². The number of amides is 5. The maximum atomic E-state index is 12.9. The quantitative estimate of drug-likeness (QED) is 0.0625. The first-order valence-corrected chi connectivity index (χ1v) is 28.5. The number of carbonyl (C=O) groups is 6. The number of nitrogens with zero attached hydrogens (tertiary/aromatic N) is 5. The molecule has 6 atom stereocenters. The molecule has 5 amide bonds. The molecule has 0 bridgehead atoms. The summed E-state index contributed by atoms with van der Waals surface area (Å²) in [6, 6.07) is 36.1. The van der Waals surface area contributed by atoms with E-state index in [2.05, 4.69) is 87.3 Å². The Hall–Kier alpha value is -8.78. The monoisotopic (exact) mass is 1150 g/mol. The van der Waals surface area contributed by atoms with E-state index in [1.807, 2.05) is 81.4 Å². The minimum atomic E-state index is -1.54. The molecule has 3 saturated heterocycles. The lowest BCUT2D eigenvalue weighted by Crippen LogP contribution is -2.46. The Morgan fingerprint density at radius 1 is 0.548 bits per heavy atom. The topological polar surface area (TPSA) is 294 Å². The van der Waals surface area contributed by atoms with E-state index in [4.69, 9.17) is 23.7 Å². The van der Waals surface area contributed by atoms with Gasteiger partial charge in [-0.25, -0.2) is 19.7 Å². The second-order valence-corrected chi connectivity index (χ2v) is 21.2. The number of nitrogen functional groups attached to an aromatic ring is 3. The molecule has 9 rings (SSSR count). The predicted octanol–water partition coefficient (Wildman–Crippen LogP) is 9.91. The molecule has 0 saturated carbocycles. The molecule has 0 radical (unpaired) electrons. The molecule has 3 aliphatic heterocycles. The highest BCUT2D eigenvalue weighted by Gasteiger charge is 2.36. The zero-order valence-corrected chi connectivity index (χ0v) is 49.0. The first-order chi connectivity index (χ1) is 40.8. The molecule has 19 nitrogen and oxygen atoms in total. The van der Waals surface area contributed by atoms with Crippen molar-refractivity contribution < 1.29 is 39.6 Å². The third-order valence-corrected chi connectivity index (χ3v) is 14.9. The molecule has 0 spiro atoms. The fraction of sp³-hybridized carbons (Fsp3) is 0.391. The SMILES string of the molecule is CCc1cc(NC(=O)C(=O)N2C[C@@H](C)CC[C@@H]2c2ccccc2)cnc1N.CCc1cc(NC(=O)C(=O)N2C[C@H](C)CC[C@H]2c2ccccc2)cnc1N.CCc1cc(NC(=O)C(=O)O)cnc1N.C[C@@H]1CC[C@@H](c2ccccc2)NC1.[2H]CF. The van der Waals surface area contributed by atoms with Crippen molar-refractivity contribution >= 4 is 70.0 Å². The smallest absolute Gasteiger partial charge is 0.394 e.